The zero-order chi connectivity index (χ0) is 11.2. The molecule has 0 aliphatic rings. The molecule has 0 N–H and O–H groups in total. The third-order valence-electron chi connectivity index (χ3n) is 2.05. The standard InChI is InChI=1S/C8H10Cl2N4Si/c1-15(2,3)14-4-11-5-6(9)12-8(10)13-7(5)14/h4H,1-3H3. The first-order valence-corrected chi connectivity index (χ1v) is 8.66. The Balaban J connectivity index is 2.80. The molecule has 4 nitrogen and oxygen atoms in total. The number of fused-ring (bicyclic) bond motifs is 1. The van der Waals surface area contributed by atoms with Gasteiger partial charge in [0.2, 0.25) is 5.28 Å². The van der Waals surface area contributed by atoms with Gasteiger partial charge in [-0.3, -0.25) is 0 Å². The molecule has 0 aliphatic heterocycles. The lowest BCUT2D eigenvalue weighted by Gasteiger charge is -2.17. The largest absolute Gasteiger partial charge is 0.344 e. The zero-order valence-electron chi connectivity index (χ0n) is 8.62. The Hall–Kier alpha value is -0.653. The van der Waals surface area contributed by atoms with Crippen molar-refractivity contribution in [1.29, 1.82) is 0 Å². The van der Waals surface area contributed by atoms with Gasteiger partial charge in [-0.25, -0.2) is 9.97 Å². The maximum atomic E-state index is 5.93. The lowest BCUT2D eigenvalue weighted by molar-refractivity contribution is 1.11. The van der Waals surface area contributed by atoms with Crippen LogP contribution in [0.2, 0.25) is 30.1 Å². The molecule has 0 atom stereocenters. The second-order valence-electron chi connectivity index (χ2n) is 4.24. The van der Waals surface area contributed by atoms with Crippen molar-refractivity contribution in [3.8, 4) is 0 Å². The molecule has 7 heteroatoms. The van der Waals surface area contributed by atoms with Crippen molar-refractivity contribution >= 4 is 42.6 Å². The maximum absolute atomic E-state index is 5.93. The molecule has 0 aliphatic carbocycles. The molecule has 0 amide bonds. The summed E-state index contributed by atoms with van der Waals surface area (Å²) in [5.74, 6) is 0. The van der Waals surface area contributed by atoms with E-state index in [9.17, 15) is 0 Å². The predicted octanol–water partition coefficient (Wildman–Crippen LogP) is 2.82. The van der Waals surface area contributed by atoms with Crippen LogP contribution >= 0.6 is 23.2 Å². The van der Waals surface area contributed by atoms with Crippen molar-refractivity contribution in [3.63, 3.8) is 0 Å². The van der Waals surface area contributed by atoms with E-state index in [1.807, 2.05) is 0 Å². The van der Waals surface area contributed by atoms with Gasteiger partial charge in [-0.1, -0.05) is 31.2 Å². The van der Waals surface area contributed by atoms with Gasteiger partial charge in [-0.2, -0.15) is 4.98 Å². The number of hydrogen-bond acceptors (Lipinski definition) is 3. The Kier molecular flexibility index (Phi) is 2.48. The summed E-state index contributed by atoms with van der Waals surface area (Å²) in [5, 5.41) is 0.467. The van der Waals surface area contributed by atoms with E-state index < -0.39 is 8.24 Å². The van der Waals surface area contributed by atoms with Gasteiger partial charge in [-0.05, 0) is 11.6 Å². The molecule has 0 aromatic carbocycles. The van der Waals surface area contributed by atoms with Crippen LogP contribution < -0.4 is 0 Å². The average Bonchev–Trinajstić information content (AvgIpc) is 2.45. The first-order valence-electron chi connectivity index (χ1n) is 4.46. The number of imidazole rings is 1. The normalized spacial score (nSPS) is 12.3. The third-order valence-corrected chi connectivity index (χ3v) is 4.25. The van der Waals surface area contributed by atoms with Crippen LogP contribution in [0.1, 0.15) is 0 Å². The van der Waals surface area contributed by atoms with E-state index in [1.165, 1.54) is 0 Å². The fourth-order valence-corrected chi connectivity index (χ4v) is 2.95. The number of rotatable bonds is 1. The minimum absolute atomic E-state index is 0.160. The molecule has 2 aromatic rings. The van der Waals surface area contributed by atoms with Crippen molar-refractivity contribution < 1.29 is 0 Å². The summed E-state index contributed by atoms with van der Waals surface area (Å²) >= 11 is 11.7. The average molecular weight is 261 g/mol. The van der Waals surface area contributed by atoms with Crippen molar-refractivity contribution in [2.75, 3.05) is 0 Å². The molecule has 0 unspecified atom stereocenters. The summed E-state index contributed by atoms with van der Waals surface area (Å²) in [5.41, 5.74) is 1.34. The van der Waals surface area contributed by atoms with Crippen LogP contribution in [0.4, 0.5) is 0 Å². The summed E-state index contributed by atoms with van der Waals surface area (Å²) in [6, 6.07) is 0. The lowest BCUT2D eigenvalue weighted by Crippen LogP contribution is -2.31. The Morgan fingerprint density at radius 3 is 2.47 bits per heavy atom. The van der Waals surface area contributed by atoms with Gasteiger partial charge >= 0.3 is 0 Å². The van der Waals surface area contributed by atoms with Gasteiger partial charge in [-0.15, -0.1) is 0 Å². The minimum atomic E-state index is -1.54. The van der Waals surface area contributed by atoms with Crippen LogP contribution in [-0.4, -0.2) is 27.4 Å². The van der Waals surface area contributed by atoms with Gasteiger partial charge in [0.15, 0.2) is 19.0 Å². The first-order chi connectivity index (χ1) is 6.89. The van der Waals surface area contributed by atoms with Crippen LogP contribution in [0.3, 0.4) is 0 Å². The Bertz CT molecular complexity index is 517. The SMILES string of the molecule is C[Si](C)(C)n1cnc2c(Cl)nc(Cl)nc21. The van der Waals surface area contributed by atoms with Gasteiger partial charge in [0.05, 0.1) is 6.33 Å². The molecule has 0 fully saturated rings. The zero-order valence-corrected chi connectivity index (χ0v) is 11.1. The highest BCUT2D eigenvalue weighted by Gasteiger charge is 2.21. The Labute approximate surface area is 98.4 Å². The molecule has 0 saturated heterocycles. The number of nitrogens with zero attached hydrogens (tertiary/aromatic N) is 4. The van der Waals surface area contributed by atoms with E-state index in [4.69, 9.17) is 23.2 Å². The minimum Gasteiger partial charge on any atom is -0.344 e. The smallest absolute Gasteiger partial charge is 0.225 e. The van der Waals surface area contributed by atoms with Crippen LogP contribution in [-0.2, 0) is 0 Å². The molecule has 0 bridgehead atoms. The predicted molar refractivity (Wildman–Crippen MR) is 64.1 cm³/mol. The third kappa shape index (κ3) is 1.87. The van der Waals surface area contributed by atoms with Crippen LogP contribution in [0.5, 0.6) is 0 Å². The molecular formula is C8H10Cl2N4Si. The van der Waals surface area contributed by atoms with E-state index in [-0.39, 0.29) is 5.28 Å². The van der Waals surface area contributed by atoms with Gasteiger partial charge in [0.25, 0.3) is 0 Å². The molecule has 2 heterocycles. The van der Waals surface area contributed by atoms with E-state index in [0.29, 0.717) is 10.7 Å². The second kappa shape index (κ2) is 3.43. The number of hydrogen-bond donors (Lipinski definition) is 0. The van der Waals surface area contributed by atoms with Crippen molar-refractivity contribution in [3.05, 3.63) is 16.8 Å². The molecule has 2 rings (SSSR count). The van der Waals surface area contributed by atoms with E-state index in [2.05, 4.69) is 38.8 Å². The van der Waals surface area contributed by atoms with Crippen molar-refractivity contribution in [2.45, 2.75) is 19.6 Å². The van der Waals surface area contributed by atoms with Crippen LogP contribution in [0.25, 0.3) is 11.2 Å². The van der Waals surface area contributed by atoms with Crippen molar-refractivity contribution in [1.82, 2.24) is 19.2 Å². The molecule has 2 aromatic heterocycles. The second-order valence-corrected chi connectivity index (χ2v) is 9.76. The molecular weight excluding hydrogens is 251 g/mol. The van der Waals surface area contributed by atoms with E-state index >= 15 is 0 Å². The fraction of sp³-hybridized carbons (Fsp3) is 0.375. The Morgan fingerprint density at radius 2 is 1.87 bits per heavy atom. The molecule has 80 valence electrons. The molecule has 0 saturated carbocycles. The lowest BCUT2D eigenvalue weighted by atomic mass is 10.6. The highest BCUT2D eigenvalue weighted by atomic mass is 35.5. The maximum Gasteiger partial charge on any atom is 0.225 e. The van der Waals surface area contributed by atoms with Gasteiger partial charge in [0, 0.05) is 0 Å². The quantitative estimate of drug-likeness (QED) is 0.450. The topological polar surface area (TPSA) is 43.6 Å². The fourth-order valence-electron chi connectivity index (χ4n) is 1.33. The van der Waals surface area contributed by atoms with E-state index in [1.54, 1.807) is 6.33 Å². The number of aromatic nitrogens is 4. The Morgan fingerprint density at radius 1 is 1.20 bits per heavy atom. The molecule has 0 radical (unpaired) electrons. The first kappa shape index (κ1) is 10.9. The summed E-state index contributed by atoms with van der Waals surface area (Å²) in [4.78, 5) is 12.2. The summed E-state index contributed by atoms with van der Waals surface area (Å²) < 4.78 is 2.06. The van der Waals surface area contributed by atoms with Gasteiger partial charge in [0.1, 0.15) is 5.52 Å². The van der Waals surface area contributed by atoms with E-state index in [0.717, 1.165) is 5.65 Å². The summed E-state index contributed by atoms with van der Waals surface area (Å²) in [6.07, 6.45) is 1.76. The molecule has 15 heavy (non-hydrogen) atoms. The molecule has 0 spiro atoms. The van der Waals surface area contributed by atoms with Crippen LogP contribution in [0.15, 0.2) is 6.33 Å². The highest BCUT2D eigenvalue weighted by molar-refractivity contribution is 6.75. The summed E-state index contributed by atoms with van der Waals surface area (Å²) in [6.45, 7) is 6.58. The monoisotopic (exact) mass is 260 g/mol. The number of halogens is 2. The summed E-state index contributed by atoms with van der Waals surface area (Å²) in [7, 11) is -1.54. The van der Waals surface area contributed by atoms with Crippen LogP contribution in [0, 0.1) is 0 Å². The van der Waals surface area contributed by atoms with Crippen molar-refractivity contribution in [2.24, 2.45) is 0 Å². The van der Waals surface area contributed by atoms with Gasteiger partial charge < -0.3 is 4.23 Å². The highest BCUT2D eigenvalue weighted by Crippen LogP contribution is 2.22.